The number of aliphatic carboxylic acids is 1. The summed E-state index contributed by atoms with van der Waals surface area (Å²) in [5.74, 6) is -3.21. The van der Waals surface area contributed by atoms with Crippen molar-refractivity contribution >= 4 is 17.8 Å². The third kappa shape index (κ3) is 6.52. The number of nitrogens with two attached hydrogens (primary N) is 1. The number of nitrogens with one attached hydrogen (secondary N) is 1. The first-order valence-corrected chi connectivity index (χ1v) is 6.36. The van der Waals surface area contributed by atoms with E-state index in [1.54, 1.807) is 13.8 Å². The molecule has 0 aliphatic rings. The minimum Gasteiger partial charge on any atom is -0.480 e. The van der Waals surface area contributed by atoms with E-state index in [1.807, 2.05) is 0 Å². The van der Waals surface area contributed by atoms with Crippen LogP contribution in [0.15, 0.2) is 0 Å². The summed E-state index contributed by atoms with van der Waals surface area (Å²) in [7, 11) is 0. The van der Waals surface area contributed by atoms with Crippen molar-refractivity contribution in [2.45, 2.75) is 45.1 Å². The molecule has 0 aliphatic heterocycles. The van der Waals surface area contributed by atoms with Gasteiger partial charge in [0.25, 0.3) is 0 Å². The highest BCUT2D eigenvalue weighted by Gasteiger charge is 2.32. The molecule has 9 heteroatoms. The van der Waals surface area contributed by atoms with Gasteiger partial charge in [0.05, 0.1) is 0 Å². The lowest BCUT2D eigenvalue weighted by atomic mass is 10.0. The zero-order chi connectivity index (χ0) is 16.7. The summed E-state index contributed by atoms with van der Waals surface area (Å²) < 4.78 is 4.48. The summed E-state index contributed by atoms with van der Waals surface area (Å²) in [6, 6.07) is -2.72. The Morgan fingerprint density at radius 2 is 1.76 bits per heavy atom. The molecule has 0 radical (unpaired) electrons. The maximum absolute atomic E-state index is 11.8. The molecule has 0 aromatic heterocycles. The Hall–Kier alpha value is -1.71. The first-order valence-electron chi connectivity index (χ1n) is 6.36. The van der Waals surface area contributed by atoms with Gasteiger partial charge in [-0.1, -0.05) is 13.8 Å². The van der Waals surface area contributed by atoms with Crippen LogP contribution in [0.5, 0.6) is 0 Å². The number of hydrogen-bond acceptors (Lipinski definition) is 7. The molecule has 0 rings (SSSR count). The number of aliphatic hydroxyl groups is 2. The lowest BCUT2D eigenvalue weighted by Gasteiger charge is -2.25. The number of hydrogen-bond donors (Lipinski definition) is 5. The predicted molar refractivity (Wildman–Crippen MR) is 71.0 cm³/mol. The SMILES string of the molecule is CC(=O)OCC(O)C(O)C(N)C(=O)NC(C(=O)O)C(C)C. The van der Waals surface area contributed by atoms with Gasteiger partial charge >= 0.3 is 11.9 Å². The number of ether oxygens (including phenoxy) is 1. The van der Waals surface area contributed by atoms with Crippen molar-refractivity contribution in [2.75, 3.05) is 6.61 Å². The number of carboxylic acids is 1. The third-order valence-electron chi connectivity index (χ3n) is 2.75. The number of carbonyl (C=O) groups excluding carboxylic acids is 2. The minimum absolute atomic E-state index is 0.387. The van der Waals surface area contributed by atoms with Gasteiger partial charge in [-0.15, -0.1) is 0 Å². The molecule has 0 fully saturated rings. The molecule has 1 amide bonds. The Morgan fingerprint density at radius 3 is 2.14 bits per heavy atom. The van der Waals surface area contributed by atoms with Gasteiger partial charge in [0, 0.05) is 6.92 Å². The number of aliphatic hydroxyl groups excluding tert-OH is 2. The molecule has 0 bridgehead atoms. The van der Waals surface area contributed by atoms with Crippen molar-refractivity contribution in [2.24, 2.45) is 11.7 Å². The molecule has 4 atom stereocenters. The Bertz CT molecular complexity index is 386. The van der Waals surface area contributed by atoms with Crippen LogP contribution in [-0.4, -0.2) is 64.1 Å². The fourth-order valence-corrected chi connectivity index (χ4v) is 1.46. The van der Waals surface area contributed by atoms with Gasteiger partial charge in [0.15, 0.2) is 0 Å². The first-order chi connectivity index (χ1) is 9.57. The van der Waals surface area contributed by atoms with Gasteiger partial charge in [-0.05, 0) is 5.92 Å². The molecule has 9 nitrogen and oxygen atoms in total. The van der Waals surface area contributed by atoms with Gasteiger partial charge in [-0.3, -0.25) is 9.59 Å². The van der Waals surface area contributed by atoms with Crippen molar-refractivity contribution in [3.63, 3.8) is 0 Å². The molecular weight excluding hydrogens is 284 g/mol. The number of esters is 1. The summed E-state index contributed by atoms with van der Waals surface area (Å²) in [6.07, 6.45) is -3.26. The average Bonchev–Trinajstić information content (AvgIpc) is 2.39. The molecule has 0 saturated carbocycles. The molecule has 0 aromatic rings. The van der Waals surface area contributed by atoms with Gasteiger partial charge < -0.3 is 31.1 Å². The largest absolute Gasteiger partial charge is 0.480 e. The minimum atomic E-state index is -1.70. The number of amides is 1. The maximum Gasteiger partial charge on any atom is 0.326 e. The Kier molecular flexibility index (Phi) is 7.85. The Labute approximate surface area is 122 Å². The van der Waals surface area contributed by atoms with Crippen LogP contribution in [0.25, 0.3) is 0 Å². The molecule has 0 aromatic carbocycles. The van der Waals surface area contributed by atoms with E-state index in [0.29, 0.717) is 0 Å². The van der Waals surface area contributed by atoms with Crippen LogP contribution >= 0.6 is 0 Å². The Morgan fingerprint density at radius 1 is 1.24 bits per heavy atom. The van der Waals surface area contributed by atoms with E-state index in [0.717, 1.165) is 6.92 Å². The standard InChI is InChI=1S/C12H22N2O7/c1-5(2)9(12(19)20)14-11(18)8(13)10(17)7(16)4-21-6(3)15/h5,7-10,16-17H,4,13H2,1-3H3,(H,14,18)(H,19,20). The number of rotatable bonds is 8. The maximum atomic E-state index is 11.8. The molecule has 0 spiro atoms. The lowest BCUT2D eigenvalue weighted by Crippen LogP contribution is -2.57. The van der Waals surface area contributed by atoms with E-state index < -0.39 is 48.7 Å². The smallest absolute Gasteiger partial charge is 0.326 e. The molecule has 0 saturated heterocycles. The van der Waals surface area contributed by atoms with Crippen LogP contribution in [0.3, 0.4) is 0 Å². The predicted octanol–water partition coefficient (Wildman–Crippen LogP) is -2.18. The van der Waals surface area contributed by atoms with Crippen LogP contribution in [0.4, 0.5) is 0 Å². The van der Waals surface area contributed by atoms with E-state index >= 15 is 0 Å². The summed E-state index contributed by atoms with van der Waals surface area (Å²) >= 11 is 0. The number of carbonyl (C=O) groups is 3. The first kappa shape index (κ1) is 19.3. The monoisotopic (exact) mass is 306 g/mol. The zero-order valence-corrected chi connectivity index (χ0v) is 12.1. The molecule has 4 unspecified atom stereocenters. The van der Waals surface area contributed by atoms with Crippen LogP contribution in [-0.2, 0) is 19.1 Å². The molecule has 21 heavy (non-hydrogen) atoms. The van der Waals surface area contributed by atoms with Crippen molar-refractivity contribution in [1.82, 2.24) is 5.32 Å². The van der Waals surface area contributed by atoms with Gasteiger partial charge in [-0.25, -0.2) is 4.79 Å². The summed E-state index contributed by atoms with van der Waals surface area (Å²) in [5, 5.41) is 30.3. The molecule has 0 aliphatic carbocycles. The van der Waals surface area contributed by atoms with E-state index in [2.05, 4.69) is 10.1 Å². The third-order valence-corrected chi connectivity index (χ3v) is 2.75. The molecular formula is C12H22N2O7. The van der Waals surface area contributed by atoms with Crippen molar-refractivity contribution in [3.05, 3.63) is 0 Å². The van der Waals surface area contributed by atoms with Crippen molar-refractivity contribution in [3.8, 4) is 0 Å². The van der Waals surface area contributed by atoms with Crippen molar-refractivity contribution in [1.29, 1.82) is 0 Å². The van der Waals surface area contributed by atoms with Gasteiger partial charge in [0.2, 0.25) is 5.91 Å². The number of carboxylic acid groups (broad SMARTS) is 1. The average molecular weight is 306 g/mol. The van der Waals surface area contributed by atoms with Crippen LogP contribution in [0, 0.1) is 5.92 Å². The fourth-order valence-electron chi connectivity index (χ4n) is 1.46. The fraction of sp³-hybridized carbons (Fsp3) is 0.750. The van der Waals surface area contributed by atoms with Crippen LogP contribution in [0.2, 0.25) is 0 Å². The summed E-state index contributed by atoms with van der Waals surface area (Å²) in [4.78, 5) is 33.3. The van der Waals surface area contributed by atoms with E-state index in [9.17, 15) is 24.6 Å². The van der Waals surface area contributed by atoms with Crippen molar-refractivity contribution < 1.29 is 34.4 Å². The highest BCUT2D eigenvalue weighted by atomic mass is 16.5. The second-order valence-electron chi connectivity index (χ2n) is 4.95. The molecule has 0 heterocycles. The van der Waals surface area contributed by atoms with E-state index in [4.69, 9.17) is 10.8 Å². The van der Waals surface area contributed by atoms with Crippen LogP contribution in [0.1, 0.15) is 20.8 Å². The highest BCUT2D eigenvalue weighted by Crippen LogP contribution is 2.05. The molecule has 6 N–H and O–H groups in total. The summed E-state index contributed by atoms with van der Waals surface area (Å²) in [6.45, 7) is 3.78. The van der Waals surface area contributed by atoms with Gasteiger partial charge in [0.1, 0.15) is 30.9 Å². The quantitative estimate of drug-likeness (QED) is 0.317. The topological polar surface area (TPSA) is 159 Å². The van der Waals surface area contributed by atoms with Gasteiger partial charge in [-0.2, -0.15) is 0 Å². The Balaban J connectivity index is 4.61. The highest BCUT2D eigenvalue weighted by molar-refractivity contribution is 5.87. The van der Waals surface area contributed by atoms with E-state index in [1.165, 1.54) is 0 Å². The second-order valence-corrected chi connectivity index (χ2v) is 4.95. The summed E-state index contributed by atoms with van der Waals surface area (Å²) in [5.41, 5.74) is 5.46. The molecule has 122 valence electrons. The normalized spacial score (nSPS) is 16.7. The van der Waals surface area contributed by atoms with E-state index in [-0.39, 0.29) is 5.92 Å². The zero-order valence-electron chi connectivity index (χ0n) is 12.1. The second kappa shape index (κ2) is 8.55. The lowest BCUT2D eigenvalue weighted by molar-refractivity contribution is -0.148. The van der Waals surface area contributed by atoms with Crippen LogP contribution < -0.4 is 11.1 Å².